The number of hydrogen-bond donors (Lipinski definition) is 2. The molecule has 0 aromatic heterocycles. The van der Waals surface area contributed by atoms with Gasteiger partial charge in [0, 0.05) is 5.69 Å². The molecule has 136 valence electrons. The minimum atomic E-state index is -1.44. The number of fused-ring (bicyclic) bond motifs is 2. The van der Waals surface area contributed by atoms with E-state index in [1.54, 1.807) is 0 Å². The highest BCUT2D eigenvalue weighted by Gasteiger charge is 2.25. The lowest BCUT2D eigenvalue weighted by Crippen LogP contribution is -2.32. The van der Waals surface area contributed by atoms with Crippen LogP contribution in [0.15, 0.2) is 30.3 Å². The first-order valence-electron chi connectivity index (χ1n) is 9.28. The van der Waals surface area contributed by atoms with Gasteiger partial charge in [-0.2, -0.15) is 0 Å². The summed E-state index contributed by atoms with van der Waals surface area (Å²) >= 11 is 0. The summed E-state index contributed by atoms with van der Waals surface area (Å²) in [7, 11) is -1.44. The van der Waals surface area contributed by atoms with Crippen molar-refractivity contribution < 1.29 is 9.00 Å². The lowest BCUT2D eigenvalue weighted by molar-refractivity contribution is 0.257. The molecule has 4 rings (SSSR count). The van der Waals surface area contributed by atoms with Crippen LogP contribution >= 0.6 is 0 Å². The van der Waals surface area contributed by atoms with Gasteiger partial charge in [-0.1, -0.05) is 35.9 Å². The van der Waals surface area contributed by atoms with Crippen LogP contribution in [0.1, 0.15) is 46.2 Å². The van der Waals surface area contributed by atoms with Crippen molar-refractivity contribution in [2.75, 3.05) is 5.32 Å². The molecular formula is C21H24N2O2S. The monoisotopic (exact) mass is 368 g/mol. The topological polar surface area (TPSA) is 58.2 Å². The predicted octanol–water partition coefficient (Wildman–Crippen LogP) is 3.96. The van der Waals surface area contributed by atoms with Gasteiger partial charge < -0.3 is 5.32 Å². The van der Waals surface area contributed by atoms with E-state index in [0.717, 1.165) is 55.3 Å². The summed E-state index contributed by atoms with van der Waals surface area (Å²) in [6.45, 7) is 2.02. The molecule has 26 heavy (non-hydrogen) atoms. The molecule has 2 aliphatic carbocycles. The van der Waals surface area contributed by atoms with Crippen LogP contribution < -0.4 is 10.0 Å². The van der Waals surface area contributed by atoms with Crippen molar-refractivity contribution in [3.63, 3.8) is 0 Å². The second kappa shape index (κ2) is 7.23. The molecule has 0 bridgehead atoms. The Morgan fingerprint density at radius 3 is 2.23 bits per heavy atom. The fourth-order valence-electron chi connectivity index (χ4n) is 4.08. The zero-order valence-electron chi connectivity index (χ0n) is 15.1. The summed E-state index contributed by atoms with van der Waals surface area (Å²) in [5, 5.41) is 3.03. The van der Waals surface area contributed by atoms with Crippen LogP contribution in [0.5, 0.6) is 0 Å². The number of aryl methyl sites for hydroxylation is 3. The Kier molecular flexibility index (Phi) is 4.81. The molecule has 0 aliphatic heterocycles. The molecule has 0 heterocycles. The minimum absolute atomic E-state index is 0.318. The molecule has 0 radical (unpaired) electrons. The highest BCUT2D eigenvalue weighted by molar-refractivity contribution is 7.82. The number of amides is 2. The summed E-state index contributed by atoms with van der Waals surface area (Å²) in [5.41, 5.74) is 8.42. The van der Waals surface area contributed by atoms with E-state index in [4.69, 9.17) is 0 Å². The number of carbonyl (C=O) groups excluding carboxylic acids is 1. The van der Waals surface area contributed by atoms with Crippen molar-refractivity contribution in [3.05, 3.63) is 63.7 Å². The Morgan fingerprint density at radius 1 is 1.00 bits per heavy atom. The summed E-state index contributed by atoms with van der Waals surface area (Å²) in [6, 6.07) is 9.84. The number of hydrogen-bond acceptors (Lipinski definition) is 2. The molecule has 0 spiro atoms. The van der Waals surface area contributed by atoms with E-state index >= 15 is 0 Å². The number of nitrogens with one attached hydrogen (secondary N) is 2. The van der Waals surface area contributed by atoms with E-state index in [2.05, 4.69) is 16.1 Å². The van der Waals surface area contributed by atoms with E-state index in [0.29, 0.717) is 5.75 Å². The SMILES string of the molecule is Cc1ccc(CS(=O)NC(=O)Nc2c3c(cc4c2CCC4)CCC3)cc1. The van der Waals surface area contributed by atoms with Crippen LogP contribution in [0.2, 0.25) is 0 Å². The maximum absolute atomic E-state index is 12.5. The minimum Gasteiger partial charge on any atom is -0.307 e. The molecule has 0 fully saturated rings. The maximum atomic E-state index is 12.5. The van der Waals surface area contributed by atoms with Crippen molar-refractivity contribution in [2.24, 2.45) is 0 Å². The standard InChI is InChI=1S/C21H24N2O2S/c1-14-8-10-15(11-9-14)13-26(25)23-21(24)22-20-18-6-2-4-16(18)12-17-5-3-7-19(17)20/h8-12H,2-7,13H2,1H3,(H2,22,23,24). The molecule has 5 heteroatoms. The first-order chi connectivity index (χ1) is 12.6. The van der Waals surface area contributed by atoms with Crippen LogP contribution in [-0.2, 0) is 42.4 Å². The van der Waals surface area contributed by atoms with Crippen LogP contribution in [0.3, 0.4) is 0 Å². The van der Waals surface area contributed by atoms with Crippen LogP contribution in [0, 0.1) is 6.92 Å². The molecule has 0 saturated carbocycles. The van der Waals surface area contributed by atoms with Gasteiger partial charge in [-0.15, -0.1) is 0 Å². The molecule has 2 aromatic carbocycles. The molecule has 1 unspecified atom stereocenters. The Morgan fingerprint density at radius 2 is 1.62 bits per heavy atom. The average Bonchev–Trinajstić information content (AvgIpc) is 3.25. The van der Waals surface area contributed by atoms with Gasteiger partial charge >= 0.3 is 6.03 Å². The summed E-state index contributed by atoms with van der Waals surface area (Å²) in [4.78, 5) is 12.5. The van der Waals surface area contributed by atoms with Crippen LogP contribution in [0.25, 0.3) is 0 Å². The van der Waals surface area contributed by atoms with Gasteiger partial charge in [0.25, 0.3) is 0 Å². The van der Waals surface area contributed by atoms with Crippen molar-refractivity contribution in [3.8, 4) is 0 Å². The number of anilines is 1. The van der Waals surface area contributed by atoms with E-state index in [1.165, 1.54) is 22.3 Å². The average molecular weight is 369 g/mol. The Hall–Kier alpha value is -2.14. The van der Waals surface area contributed by atoms with Crippen molar-refractivity contribution >= 4 is 22.7 Å². The lowest BCUT2D eigenvalue weighted by atomic mass is 9.99. The van der Waals surface area contributed by atoms with E-state index in [-0.39, 0.29) is 6.03 Å². The largest absolute Gasteiger partial charge is 0.331 e. The number of rotatable bonds is 4. The van der Waals surface area contributed by atoms with E-state index in [9.17, 15) is 9.00 Å². The van der Waals surface area contributed by atoms with Gasteiger partial charge in [-0.3, -0.25) is 4.72 Å². The normalized spacial score (nSPS) is 16.0. The smallest absolute Gasteiger partial charge is 0.307 e. The molecule has 2 aliphatic rings. The highest BCUT2D eigenvalue weighted by atomic mass is 32.2. The Labute approximate surface area is 157 Å². The first-order valence-corrected chi connectivity index (χ1v) is 10.6. The second-order valence-electron chi connectivity index (χ2n) is 7.27. The van der Waals surface area contributed by atoms with E-state index < -0.39 is 11.0 Å². The molecule has 0 saturated heterocycles. The van der Waals surface area contributed by atoms with Gasteiger partial charge in [-0.05, 0) is 73.3 Å². The lowest BCUT2D eigenvalue weighted by Gasteiger charge is -2.16. The van der Waals surface area contributed by atoms with Crippen molar-refractivity contribution in [2.45, 2.75) is 51.2 Å². The third kappa shape index (κ3) is 3.54. The summed E-state index contributed by atoms with van der Waals surface area (Å²) in [5.74, 6) is 0.318. The van der Waals surface area contributed by atoms with Gasteiger partial charge in [0.1, 0.15) is 11.0 Å². The van der Waals surface area contributed by atoms with Gasteiger partial charge in [-0.25, -0.2) is 9.00 Å². The number of urea groups is 1. The number of carbonyl (C=O) groups is 1. The molecule has 2 aromatic rings. The zero-order chi connectivity index (χ0) is 18.1. The van der Waals surface area contributed by atoms with Gasteiger partial charge in [0.15, 0.2) is 0 Å². The summed E-state index contributed by atoms with van der Waals surface area (Å²) in [6.07, 6.45) is 6.52. The first kappa shape index (κ1) is 17.3. The fourth-order valence-corrected chi connectivity index (χ4v) is 4.91. The van der Waals surface area contributed by atoms with Crippen LogP contribution in [-0.4, -0.2) is 10.2 Å². The fraction of sp³-hybridized carbons (Fsp3) is 0.381. The Bertz CT molecular complexity index is 842. The van der Waals surface area contributed by atoms with Gasteiger partial charge in [0.05, 0.1) is 5.75 Å². The molecule has 2 amide bonds. The third-order valence-electron chi connectivity index (χ3n) is 5.34. The third-order valence-corrected chi connectivity index (χ3v) is 6.35. The quantitative estimate of drug-likeness (QED) is 0.858. The molecule has 1 atom stereocenters. The van der Waals surface area contributed by atoms with Crippen molar-refractivity contribution in [1.29, 1.82) is 0 Å². The second-order valence-corrected chi connectivity index (χ2v) is 8.45. The van der Waals surface area contributed by atoms with Gasteiger partial charge in [0.2, 0.25) is 0 Å². The molecule has 4 nitrogen and oxygen atoms in total. The molecular weight excluding hydrogens is 344 g/mol. The molecule has 2 N–H and O–H groups in total. The summed E-state index contributed by atoms with van der Waals surface area (Å²) < 4.78 is 14.9. The predicted molar refractivity (Wildman–Crippen MR) is 106 cm³/mol. The number of benzene rings is 2. The van der Waals surface area contributed by atoms with Crippen LogP contribution in [0.4, 0.5) is 10.5 Å². The van der Waals surface area contributed by atoms with E-state index in [1.807, 2.05) is 31.2 Å². The highest BCUT2D eigenvalue weighted by Crippen LogP contribution is 2.38. The Balaban J connectivity index is 1.45. The maximum Gasteiger partial charge on any atom is 0.331 e. The van der Waals surface area contributed by atoms with Crippen molar-refractivity contribution in [1.82, 2.24) is 4.72 Å². The zero-order valence-corrected chi connectivity index (χ0v) is 15.9.